The van der Waals surface area contributed by atoms with Crippen molar-refractivity contribution in [1.82, 2.24) is 9.40 Å². The first kappa shape index (κ1) is 9.78. The second kappa shape index (κ2) is 4.08. The molecule has 1 aromatic heterocycles. The van der Waals surface area contributed by atoms with Gasteiger partial charge in [0.1, 0.15) is 0 Å². The zero-order valence-corrected chi connectivity index (χ0v) is 7.23. The first-order chi connectivity index (χ1) is 6.13. The number of pyridine rings is 1. The largest absolute Gasteiger partial charge is 0.754 e. The van der Waals surface area contributed by atoms with Crippen molar-refractivity contribution in [2.45, 2.75) is 0 Å². The number of aromatic nitrogens is 1. The molecule has 1 heterocycles. The van der Waals surface area contributed by atoms with E-state index in [0.29, 0.717) is 0 Å². The normalized spacial score (nSPS) is 12.2. The Morgan fingerprint density at radius 3 is 2.54 bits per heavy atom. The number of hydrogen-bond donors (Lipinski definition) is 1. The number of carbonyl (C=O) groups excluding carboxylic acids is 1. The van der Waals surface area contributed by atoms with E-state index in [0.717, 1.165) is 0 Å². The predicted octanol–water partition coefficient (Wildman–Crippen LogP) is -0.808. The Labute approximate surface area is 76.8 Å². The van der Waals surface area contributed by atoms with E-state index < -0.39 is 17.2 Å². The second-order valence-electron chi connectivity index (χ2n) is 2.08. The van der Waals surface area contributed by atoms with Crippen LogP contribution in [0.1, 0.15) is 10.4 Å². The molecule has 6 nitrogen and oxygen atoms in total. The monoisotopic (exact) mass is 200 g/mol. The highest BCUT2D eigenvalue weighted by molar-refractivity contribution is 7.77. The maximum Gasteiger partial charge on any atom is 0.279 e. The number of hydrazine groups is 1. The van der Waals surface area contributed by atoms with Gasteiger partial charge >= 0.3 is 0 Å². The van der Waals surface area contributed by atoms with Crippen LogP contribution in [0.15, 0.2) is 24.5 Å². The third kappa shape index (κ3) is 2.31. The Morgan fingerprint density at radius 1 is 1.54 bits per heavy atom. The molecule has 70 valence electrons. The Bertz CT molecular complexity index is 329. The number of nitrogens with two attached hydrogens (primary N) is 1. The predicted molar refractivity (Wildman–Crippen MR) is 43.5 cm³/mol. The zero-order valence-electron chi connectivity index (χ0n) is 6.41. The molecule has 0 spiro atoms. The zero-order chi connectivity index (χ0) is 9.84. The molecule has 0 saturated carbocycles. The minimum absolute atomic E-state index is 0.120. The first-order valence-electron chi connectivity index (χ1n) is 3.21. The third-order valence-electron chi connectivity index (χ3n) is 1.29. The summed E-state index contributed by atoms with van der Waals surface area (Å²) in [6.07, 6.45) is 2.74. The van der Waals surface area contributed by atoms with Crippen molar-refractivity contribution in [3.8, 4) is 0 Å². The Kier molecular flexibility index (Phi) is 3.07. The van der Waals surface area contributed by atoms with E-state index in [9.17, 15) is 13.6 Å². The highest BCUT2D eigenvalue weighted by atomic mass is 32.2. The minimum Gasteiger partial charge on any atom is -0.754 e. The fourth-order valence-corrected chi connectivity index (χ4v) is 0.930. The Morgan fingerprint density at radius 2 is 2.08 bits per heavy atom. The second-order valence-corrected chi connectivity index (χ2v) is 2.91. The van der Waals surface area contributed by atoms with Gasteiger partial charge in [-0.25, -0.2) is 10.3 Å². The fraction of sp³-hybridized carbons (Fsp3) is 0. The minimum atomic E-state index is -2.75. The lowest BCUT2D eigenvalue weighted by molar-refractivity contribution is 0.0859. The maximum absolute atomic E-state index is 11.2. The SMILES string of the molecule is NN(C(=O)c1ccncc1)S(=O)[O-]. The van der Waals surface area contributed by atoms with Gasteiger partial charge in [-0.1, -0.05) is 0 Å². The van der Waals surface area contributed by atoms with Gasteiger partial charge in [-0.05, 0) is 12.1 Å². The summed E-state index contributed by atoms with van der Waals surface area (Å²) in [5.41, 5.74) is 0.168. The molecule has 0 saturated heterocycles. The molecule has 13 heavy (non-hydrogen) atoms. The van der Waals surface area contributed by atoms with Gasteiger partial charge in [-0.15, -0.1) is 0 Å². The first-order valence-corrected chi connectivity index (χ1v) is 4.24. The molecule has 0 radical (unpaired) electrons. The van der Waals surface area contributed by atoms with E-state index in [4.69, 9.17) is 5.84 Å². The molecule has 1 atom stereocenters. The van der Waals surface area contributed by atoms with Gasteiger partial charge in [0.2, 0.25) is 0 Å². The quantitative estimate of drug-likeness (QED) is 0.291. The van der Waals surface area contributed by atoms with Crippen LogP contribution in [0, 0.1) is 0 Å². The molecule has 1 rings (SSSR count). The van der Waals surface area contributed by atoms with Gasteiger partial charge in [0, 0.05) is 18.0 Å². The smallest absolute Gasteiger partial charge is 0.279 e. The van der Waals surface area contributed by atoms with Gasteiger partial charge in [-0.3, -0.25) is 14.0 Å². The molecular weight excluding hydrogens is 194 g/mol. The third-order valence-corrected chi connectivity index (χ3v) is 1.78. The highest BCUT2D eigenvalue weighted by Crippen LogP contribution is 2.00. The lowest BCUT2D eigenvalue weighted by Gasteiger charge is -2.17. The lowest BCUT2D eigenvalue weighted by Crippen LogP contribution is -2.38. The van der Waals surface area contributed by atoms with Crippen LogP contribution in [-0.2, 0) is 11.3 Å². The standard InChI is InChI=1S/C6H7N3O3S/c7-9(13(11)12)6(10)5-1-3-8-4-2-5/h1-4H,7H2,(H,11,12)/p-1. The van der Waals surface area contributed by atoms with E-state index in [1.165, 1.54) is 24.5 Å². The molecule has 0 aromatic carbocycles. The molecule has 7 heteroatoms. The number of hydrogen-bond acceptors (Lipinski definition) is 5. The average molecular weight is 200 g/mol. The molecule has 0 aliphatic heterocycles. The molecule has 0 fully saturated rings. The van der Waals surface area contributed by atoms with Crippen molar-refractivity contribution in [1.29, 1.82) is 0 Å². The maximum atomic E-state index is 11.2. The summed E-state index contributed by atoms with van der Waals surface area (Å²) in [5, 5.41) is 0. The molecule has 1 amide bonds. The number of amides is 1. The van der Waals surface area contributed by atoms with Gasteiger partial charge in [0.05, 0.1) is 11.3 Å². The van der Waals surface area contributed by atoms with Crippen LogP contribution in [0.5, 0.6) is 0 Å². The molecule has 0 aliphatic carbocycles. The topological polar surface area (TPSA) is 99.3 Å². The molecule has 0 bridgehead atoms. The van der Waals surface area contributed by atoms with Gasteiger partial charge in [-0.2, -0.15) is 0 Å². The van der Waals surface area contributed by atoms with E-state index in [-0.39, 0.29) is 9.98 Å². The van der Waals surface area contributed by atoms with E-state index in [1.54, 1.807) is 0 Å². The van der Waals surface area contributed by atoms with E-state index in [1.807, 2.05) is 0 Å². The highest BCUT2D eigenvalue weighted by Gasteiger charge is 2.11. The van der Waals surface area contributed by atoms with Crippen LogP contribution in [0.2, 0.25) is 0 Å². The van der Waals surface area contributed by atoms with Gasteiger partial charge in [0.15, 0.2) is 0 Å². The van der Waals surface area contributed by atoms with Crippen LogP contribution < -0.4 is 5.84 Å². The van der Waals surface area contributed by atoms with Crippen molar-refractivity contribution in [2.75, 3.05) is 0 Å². The summed E-state index contributed by atoms with van der Waals surface area (Å²) in [6, 6.07) is 2.74. The Hall–Kier alpha value is -1.31. The van der Waals surface area contributed by atoms with Crippen molar-refractivity contribution in [2.24, 2.45) is 5.84 Å². The number of nitrogens with zero attached hydrogens (tertiary/aromatic N) is 2. The summed E-state index contributed by atoms with van der Waals surface area (Å²) in [7, 11) is 0. The Balaban J connectivity index is 2.86. The average Bonchev–Trinajstić information content (AvgIpc) is 2.17. The van der Waals surface area contributed by atoms with Crippen LogP contribution in [0.3, 0.4) is 0 Å². The molecular formula is C6H6N3O3S-. The summed E-state index contributed by atoms with van der Waals surface area (Å²) in [4.78, 5) is 14.8. The molecule has 1 aromatic rings. The summed E-state index contributed by atoms with van der Waals surface area (Å²) < 4.78 is 20.7. The summed E-state index contributed by atoms with van der Waals surface area (Å²) >= 11 is -2.75. The van der Waals surface area contributed by atoms with E-state index >= 15 is 0 Å². The fourth-order valence-electron chi connectivity index (χ4n) is 0.689. The molecule has 1 unspecified atom stereocenters. The summed E-state index contributed by atoms with van der Waals surface area (Å²) in [6.45, 7) is 0. The number of carbonyl (C=O) groups is 1. The van der Waals surface area contributed by atoms with Crippen LogP contribution in [0.25, 0.3) is 0 Å². The van der Waals surface area contributed by atoms with Crippen LogP contribution >= 0.6 is 0 Å². The summed E-state index contributed by atoms with van der Waals surface area (Å²) in [5.74, 6) is 4.15. The van der Waals surface area contributed by atoms with Gasteiger partial charge < -0.3 is 4.55 Å². The van der Waals surface area contributed by atoms with Crippen molar-refractivity contribution < 1.29 is 13.6 Å². The van der Waals surface area contributed by atoms with E-state index in [2.05, 4.69) is 4.98 Å². The van der Waals surface area contributed by atoms with Gasteiger partial charge in [0.25, 0.3) is 5.91 Å². The van der Waals surface area contributed by atoms with Crippen LogP contribution in [-0.4, -0.2) is 24.1 Å². The molecule has 2 N–H and O–H groups in total. The van der Waals surface area contributed by atoms with Crippen molar-refractivity contribution >= 4 is 17.2 Å². The molecule has 0 aliphatic rings. The lowest BCUT2D eigenvalue weighted by atomic mass is 10.3. The number of rotatable bonds is 2. The van der Waals surface area contributed by atoms with Crippen molar-refractivity contribution in [3.63, 3.8) is 0 Å². The van der Waals surface area contributed by atoms with Crippen molar-refractivity contribution in [3.05, 3.63) is 30.1 Å². The van der Waals surface area contributed by atoms with Crippen LogP contribution in [0.4, 0.5) is 0 Å².